The Hall–Kier alpha value is -1.59. The van der Waals surface area contributed by atoms with Crippen LogP contribution in [0.15, 0.2) is 24.3 Å². The highest BCUT2D eigenvalue weighted by Crippen LogP contribution is 2.24. The topological polar surface area (TPSA) is 56.8 Å². The molecule has 1 N–H and O–H groups in total. The molecule has 5 heteroatoms. The van der Waals surface area contributed by atoms with E-state index in [1.165, 1.54) is 12.8 Å². The number of hydrogen-bond acceptors (Lipinski definition) is 4. The Morgan fingerprint density at radius 3 is 2.58 bits per heavy atom. The van der Waals surface area contributed by atoms with Crippen molar-refractivity contribution in [2.24, 2.45) is 0 Å². The lowest BCUT2D eigenvalue weighted by Gasteiger charge is -2.15. The number of benzene rings is 1. The minimum atomic E-state index is -0.476. The summed E-state index contributed by atoms with van der Waals surface area (Å²) in [7, 11) is 0. The zero-order chi connectivity index (χ0) is 17.2. The van der Waals surface area contributed by atoms with E-state index in [2.05, 4.69) is 5.32 Å². The minimum absolute atomic E-state index is 0.113. The number of ether oxygens (including phenoxy) is 3. The van der Waals surface area contributed by atoms with Crippen LogP contribution in [0.3, 0.4) is 0 Å². The van der Waals surface area contributed by atoms with E-state index in [9.17, 15) is 4.79 Å². The first-order valence-electron chi connectivity index (χ1n) is 8.91. The van der Waals surface area contributed by atoms with E-state index in [-0.39, 0.29) is 5.91 Å². The van der Waals surface area contributed by atoms with E-state index in [4.69, 9.17) is 14.2 Å². The van der Waals surface area contributed by atoms with E-state index in [1.54, 1.807) is 6.92 Å². The molecule has 24 heavy (non-hydrogen) atoms. The Kier molecular flexibility index (Phi) is 8.05. The maximum absolute atomic E-state index is 12.0. The first-order valence-corrected chi connectivity index (χ1v) is 8.91. The molecule has 1 aliphatic rings. The molecule has 1 aliphatic carbocycles. The van der Waals surface area contributed by atoms with Crippen LogP contribution in [0.1, 0.15) is 45.1 Å². The molecule has 1 saturated carbocycles. The summed E-state index contributed by atoms with van der Waals surface area (Å²) in [5.74, 6) is 0.794. The average molecular weight is 335 g/mol. The normalized spacial score (nSPS) is 16.1. The zero-order valence-corrected chi connectivity index (χ0v) is 14.8. The van der Waals surface area contributed by atoms with Crippen LogP contribution in [-0.4, -0.2) is 37.9 Å². The van der Waals surface area contributed by atoms with Crippen LogP contribution in [0, 0.1) is 0 Å². The lowest BCUT2D eigenvalue weighted by Crippen LogP contribution is -2.34. The van der Waals surface area contributed by atoms with Crippen molar-refractivity contribution in [2.45, 2.75) is 58.3 Å². The molecule has 5 nitrogen and oxygen atoms in total. The Balaban J connectivity index is 1.68. The standard InChI is InChI=1S/C19H29NO4/c1-3-22-12-13-23-15(2)19(21)20-14-16-8-10-18(11-9-16)24-17-6-4-5-7-17/h8-11,15,17H,3-7,12-14H2,1-2H3,(H,20,21)/t15-/m0/s1. The highest BCUT2D eigenvalue weighted by atomic mass is 16.5. The summed E-state index contributed by atoms with van der Waals surface area (Å²) in [6.45, 7) is 5.76. The third-order valence-corrected chi connectivity index (χ3v) is 4.16. The molecule has 1 aromatic rings. The molecule has 1 fully saturated rings. The van der Waals surface area contributed by atoms with Crippen LogP contribution in [0.5, 0.6) is 5.75 Å². The van der Waals surface area contributed by atoms with Crippen molar-refractivity contribution in [1.29, 1.82) is 0 Å². The molecule has 0 unspecified atom stereocenters. The molecule has 1 atom stereocenters. The van der Waals surface area contributed by atoms with E-state index in [0.29, 0.717) is 32.5 Å². The molecule has 0 heterocycles. The highest BCUT2D eigenvalue weighted by Gasteiger charge is 2.16. The lowest BCUT2D eigenvalue weighted by molar-refractivity contribution is -0.132. The fourth-order valence-electron chi connectivity index (χ4n) is 2.72. The van der Waals surface area contributed by atoms with Gasteiger partial charge in [-0.25, -0.2) is 0 Å². The van der Waals surface area contributed by atoms with Crippen LogP contribution in [0.25, 0.3) is 0 Å². The quantitative estimate of drug-likeness (QED) is 0.668. The third kappa shape index (κ3) is 6.49. The zero-order valence-electron chi connectivity index (χ0n) is 14.8. The van der Waals surface area contributed by atoms with Crippen molar-refractivity contribution in [3.05, 3.63) is 29.8 Å². The summed E-state index contributed by atoms with van der Waals surface area (Å²) in [5.41, 5.74) is 1.05. The van der Waals surface area contributed by atoms with E-state index >= 15 is 0 Å². The number of nitrogens with one attached hydrogen (secondary N) is 1. The highest BCUT2D eigenvalue weighted by molar-refractivity contribution is 5.80. The van der Waals surface area contributed by atoms with Crippen LogP contribution in [0.2, 0.25) is 0 Å². The van der Waals surface area contributed by atoms with Crippen molar-refractivity contribution >= 4 is 5.91 Å². The van der Waals surface area contributed by atoms with Crippen LogP contribution < -0.4 is 10.1 Å². The number of carbonyl (C=O) groups is 1. The van der Waals surface area contributed by atoms with Crippen molar-refractivity contribution in [3.63, 3.8) is 0 Å². The number of rotatable bonds is 10. The van der Waals surface area contributed by atoms with Gasteiger partial charge in [0.2, 0.25) is 5.91 Å². The van der Waals surface area contributed by atoms with Gasteiger partial charge in [0.15, 0.2) is 0 Å². The predicted molar refractivity (Wildman–Crippen MR) is 93.1 cm³/mol. The summed E-state index contributed by atoms with van der Waals surface area (Å²) in [6.07, 6.45) is 4.72. The van der Waals surface area contributed by atoms with E-state index in [1.807, 2.05) is 31.2 Å². The molecule has 0 saturated heterocycles. The monoisotopic (exact) mass is 335 g/mol. The molecule has 0 aromatic heterocycles. The Labute approximate surface area is 144 Å². The number of amides is 1. The average Bonchev–Trinajstić information content (AvgIpc) is 3.10. The maximum atomic E-state index is 12.0. The second-order valence-corrected chi connectivity index (χ2v) is 6.10. The molecule has 1 aromatic carbocycles. The molecular formula is C19H29NO4. The summed E-state index contributed by atoms with van der Waals surface area (Å²) in [5, 5.41) is 2.89. The van der Waals surface area contributed by atoms with Gasteiger partial charge in [-0.15, -0.1) is 0 Å². The van der Waals surface area contributed by atoms with E-state index in [0.717, 1.165) is 24.2 Å². The van der Waals surface area contributed by atoms with Crippen molar-refractivity contribution in [1.82, 2.24) is 5.32 Å². The maximum Gasteiger partial charge on any atom is 0.249 e. The van der Waals surface area contributed by atoms with Gasteiger partial charge < -0.3 is 19.5 Å². The summed E-state index contributed by atoms with van der Waals surface area (Å²) < 4.78 is 16.6. The number of carbonyl (C=O) groups excluding carboxylic acids is 1. The van der Waals surface area contributed by atoms with Gasteiger partial charge in [-0.1, -0.05) is 12.1 Å². The van der Waals surface area contributed by atoms with Crippen LogP contribution in [-0.2, 0) is 20.8 Å². The van der Waals surface area contributed by atoms with Gasteiger partial charge in [0, 0.05) is 13.2 Å². The SMILES string of the molecule is CCOCCO[C@@H](C)C(=O)NCc1ccc(OC2CCCC2)cc1. The summed E-state index contributed by atoms with van der Waals surface area (Å²) >= 11 is 0. The lowest BCUT2D eigenvalue weighted by atomic mass is 10.2. The third-order valence-electron chi connectivity index (χ3n) is 4.16. The molecule has 0 radical (unpaired) electrons. The van der Waals surface area contributed by atoms with Gasteiger partial charge in [0.1, 0.15) is 11.9 Å². The van der Waals surface area contributed by atoms with Gasteiger partial charge in [-0.05, 0) is 57.2 Å². The molecule has 0 bridgehead atoms. The molecule has 1 amide bonds. The molecule has 2 rings (SSSR count). The Morgan fingerprint density at radius 1 is 1.21 bits per heavy atom. The first-order chi connectivity index (χ1) is 11.7. The smallest absolute Gasteiger partial charge is 0.249 e. The van der Waals surface area contributed by atoms with Gasteiger partial charge in [-0.3, -0.25) is 4.79 Å². The summed E-state index contributed by atoms with van der Waals surface area (Å²) in [4.78, 5) is 12.0. The van der Waals surface area contributed by atoms with Gasteiger partial charge in [0.05, 0.1) is 19.3 Å². The van der Waals surface area contributed by atoms with Gasteiger partial charge >= 0.3 is 0 Å². The largest absolute Gasteiger partial charge is 0.490 e. The van der Waals surface area contributed by atoms with E-state index < -0.39 is 6.10 Å². The predicted octanol–water partition coefficient (Wildman–Crippen LogP) is 3.07. The van der Waals surface area contributed by atoms with Crippen molar-refractivity contribution in [3.8, 4) is 5.75 Å². The van der Waals surface area contributed by atoms with Gasteiger partial charge in [-0.2, -0.15) is 0 Å². The molecular weight excluding hydrogens is 306 g/mol. The Bertz CT molecular complexity index is 483. The van der Waals surface area contributed by atoms with Crippen molar-refractivity contribution in [2.75, 3.05) is 19.8 Å². The van der Waals surface area contributed by atoms with Crippen molar-refractivity contribution < 1.29 is 19.0 Å². The summed E-state index contributed by atoms with van der Waals surface area (Å²) in [6, 6.07) is 7.93. The first kappa shape index (κ1) is 18.7. The van der Waals surface area contributed by atoms with Gasteiger partial charge in [0.25, 0.3) is 0 Å². The minimum Gasteiger partial charge on any atom is -0.490 e. The Morgan fingerprint density at radius 2 is 1.92 bits per heavy atom. The molecule has 134 valence electrons. The fourth-order valence-corrected chi connectivity index (χ4v) is 2.72. The van der Waals surface area contributed by atoms with Crippen LogP contribution >= 0.6 is 0 Å². The second-order valence-electron chi connectivity index (χ2n) is 6.10. The molecule has 0 aliphatic heterocycles. The fraction of sp³-hybridized carbons (Fsp3) is 0.632. The second kappa shape index (κ2) is 10.3. The number of hydrogen-bond donors (Lipinski definition) is 1. The van der Waals surface area contributed by atoms with Crippen LogP contribution in [0.4, 0.5) is 0 Å². The molecule has 0 spiro atoms.